The van der Waals surface area contributed by atoms with Crippen molar-refractivity contribution in [2.45, 2.75) is 37.2 Å². The lowest BCUT2D eigenvalue weighted by molar-refractivity contribution is 0.133. The van der Waals surface area contributed by atoms with Gasteiger partial charge in [-0.1, -0.05) is 19.4 Å². The number of urea groups is 1. The van der Waals surface area contributed by atoms with Gasteiger partial charge in [0.1, 0.15) is 0 Å². The van der Waals surface area contributed by atoms with Gasteiger partial charge in [-0.3, -0.25) is 0 Å². The topological polar surface area (TPSA) is 61.4 Å². The molecule has 1 aliphatic carbocycles. The third-order valence-electron chi connectivity index (χ3n) is 3.55. The minimum Gasteiger partial charge on any atom is -0.393 e. The average molecular weight is 294 g/mol. The summed E-state index contributed by atoms with van der Waals surface area (Å²) in [5.41, 5.74) is 0.799. The fraction of sp³-hybridized carbons (Fsp3) is 0.533. The third kappa shape index (κ3) is 4.42. The van der Waals surface area contributed by atoms with Crippen molar-refractivity contribution >= 4 is 23.5 Å². The lowest BCUT2D eigenvalue weighted by Crippen LogP contribution is -2.35. The van der Waals surface area contributed by atoms with Crippen LogP contribution in [0.4, 0.5) is 10.5 Å². The van der Waals surface area contributed by atoms with Gasteiger partial charge in [-0.2, -0.15) is 0 Å². The van der Waals surface area contributed by atoms with E-state index in [0.29, 0.717) is 6.54 Å². The van der Waals surface area contributed by atoms with Crippen LogP contribution in [-0.4, -0.2) is 29.5 Å². The van der Waals surface area contributed by atoms with E-state index in [-0.39, 0.29) is 18.1 Å². The molecule has 20 heavy (non-hydrogen) atoms. The molecule has 2 atom stereocenters. The Kier molecular flexibility index (Phi) is 5.73. The molecule has 1 aliphatic rings. The van der Waals surface area contributed by atoms with Gasteiger partial charge < -0.3 is 15.7 Å². The summed E-state index contributed by atoms with van der Waals surface area (Å²) in [6.45, 7) is 2.64. The zero-order valence-corrected chi connectivity index (χ0v) is 12.6. The molecule has 2 amide bonds. The number of anilines is 1. The van der Waals surface area contributed by atoms with E-state index in [1.54, 1.807) is 11.8 Å². The molecule has 0 heterocycles. The van der Waals surface area contributed by atoms with Crippen molar-refractivity contribution in [1.29, 1.82) is 0 Å². The van der Waals surface area contributed by atoms with Crippen molar-refractivity contribution in [1.82, 2.24) is 5.32 Å². The molecule has 1 aromatic rings. The molecule has 4 nitrogen and oxygen atoms in total. The van der Waals surface area contributed by atoms with Crippen LogP contribution in [0, 0.1) is 5.92 Å². The number of rotatable bonds is 5. The van der Waals surface area contributed by atoms with Gasteiger partial charge in [0.15, 0.2) is 0 Å². The Balaban J connectivity index is 1.80. The molecule has 1 aromatic carbocycles. The maximum atomic E-state index is 11.8. The van der Waals surface area contributed by atoms with Crippen molar-refractivity contribution in [2.24, 2.45) is 5.92 Å². The van der Waals surface area contributed by atoms with Crippen molar-refractivity contribution in [3.8, 4) is 0 Å². The number of carbonyl (C=O) groups excluding carboxylic acids is 1. The van der Waals surface area contributed by atoms with Crippen LogP contribution in [0.15, 0.2) is 29.2 Å². The quantitative estimate of drug-likeness (QED) is 0.731. The van der Waals surface area contributed by atoms with E-state index in [2.05, 4.69) is 17.6 Å². The first-order valence-corrected chi connectivity index (χ1v) is 8.13. The van der Waals surface area contributed by atoms with Crippen LogP contribution in [0.25, 0.3) is 0 Å². The van der Waals surface area contributed by atoms with Crippen LogP contribution in [0.1, 0.15) is 26.2 Å². The first kappa shape index (κ1) is 15.2. The second-order valence-electron chi connectivity index (χ2n) is 5.05. The summed E-state index contributed by atoms with van der Waals surface area (Å²) in [7, 11) is 0. The van der Waals surface area contributed by atoms with Crippen LogP contribution >= 0.6 is 11.8 Å². The summed E-state index contributed by atoms with van der Waals surface area (Å²) in [4.78, 5) is 13.0. The monoisotopic (exact) mass is 294 g/mol. The lowest BCUT2D eigenvalue weighted by atomic mass is 10.1. The molecule has 0 spiro atoms. The molecule has 0 unspecified atom stereocenters. The molecule has 1 fully saturated rings. The Morgan fingerprint density at radius 2 is 2.30 bits per heavy atom. The Hall–Kier alpha value is -1.20. The van der Waals surface area contributed by atoms with Crippen molar-refractivity contribution in [3.63, 3.8) is 0 Å². The van der Waals surface area contributed by atoms with Gasteiger partial charge in [-0.05, 0) is 36.8 Å². The minimum absolute atomic E-state index is 0.197. The van der Waals surface area contributed by atoms with E-state index in [1.165, 1.54) is 0 Å². The third-order valence-corrected chi connectivity index (χ3v) is 4.42. The van der Waals surface area contributed by atoms with E-state index < -0.39 is 0 Å². The summed E-state index contributed by atoms with van der Waals surface area (Å²) >= 11 is 1.75. The Bertz CT molecular complexity index is 453. The van der Waals surface area contributed by atoms with Crippen molar-refractivity contribution < 1.29 is 9.90 Å². The van der Waals surface area contributed by atoms with Gasteiger partial charge in [0, 0.05) is 23.0 Å². The molecular formula is C15H22N2O2S. The van der Waals surface area contributed by atoms with Gasteiger partial charge in [0.2, 0.25) is 0 Å². The normalized spacial score (nSPS) is 21.7. The Morgan fingerprint density at radius 3 is 3.00 bits per heavy atom. The van der Waals surface area contributed by atoms with Crippen LogP contribution in [-0.2, 0) is 0 Å². The molecule has 0 radical (unpaired) electrons. The van der Waals surface area contributed by atoms with Crippen molar-refractivity contribution in [2.75, 3.05) is 17.6 Å². The first-order chi connectivity index (χ1) is 9.69. The highest BCUT2D eigenvalue weighted by Gasteiger charge is 2.25. The number of aliphatic hydroxyl groups is 1. The molecule has 5 heteroatoms. The van der Waals surface area contributed by atoms with E-state index in [9.17, 15) is 9.90 Å². The van der Waals surface area contributed by atoms with Crippen molar-refractivity contribution in [3.05, 3.63) is 24.3 Å². The zero-order valence-electron chi connectivity index (χ0n) is 11.8. The van der Waals surface area contributed by atoms with E-state index >= 15 is 0 Å². The minimum atomic E-state index is -0.264. The molecule has 3 N–H and O–H groups in total. The highest BCUT2D eigenvalue weighted by Crippen LogP contribution is 2.24. The SMILES string of the molecule is CCSc1cccc(NC(=O)NC[C@@H]2CCC[C@H]2O)c1. The van der Waals surface area contributed by atoms with Gasteiger partial charge in [0.05, 0.1) is 6.10 Å². The van der Waals surface area contributed by atoms with Gasteiger partial charge >= 0.3 is 6.03 Å². The van der Waals surface area contributed by atoms with Crippen LogP contribution in [0.5, 0.6) is 0 Å². The predicted molar refractivity (Wildman–Crippen MR) is 83.2 cm³/mol. The van der Waals surface area contributed by atoms with Crippen LogP contribution < -0.4 is 10.6 Å². The van der Waals surface area contributed by atoms with Gasteiger partial charge in [-0.25, -0.2) is 4.79 Å². The highest BCUT2D eigenvalue weighted by atomic mass is 32.2. The number of thioether (sulfide) groups is 1. The molecule has 1 saturated carbocycles. The zero-order chi connectivity index (χ0) is 14.4. The Morgan fingerprint density at radius 1 is 1.45 bits per heavy atom. The summed E-state index contributed by atoms with van der Waals surface area (Å²) in [6, 6.07) is 7.62. The largest absolute Gasteiger partial charge is 0.393 e. The van der Waals surface area contributed by atoms with E-state index in [1.807, 2.05) is 24.3 Å². The molecule has 0 saturated heterocycles. The van der Waals surface area contributed by atoms with Gasteiger partial charge in [-0.15, -0.1) is 11.8 Å². The summed E-state index contributed by atoms with van der Waals surface area (Å²) < 4.78 is 0. The molecule has 110 valence electrons. The number of nitrogens with one attached hydrogen (secondary N) is 2. The number of hydrogen-bond acceptors (Lipinski definition) is 3. The molecule has 0 aliphatic heterocycles. The van der Waals surface area contributed by atoms with E-state index in [4.69, 9.17) is 0 Å². The molecule has 2 rings (SSSR count). The summed E-state index contributed by atoms with van der Waals surface area (Å²) in [6.07, 6.45) is 2.62. The van der Waals surface area contributed by atoms with Crippen LogP contribution in [0.2, 0.25) is 0 Å². The van der Waals surface area contributed by atoms with Crippen LogP contribution in [0.3, 0.4) is 0 Å². The van der Waals surface area contributed by atoms with E-state index in [0.717, 1.165) is 35.6 Å². The molecule has 0 aromatic heterocycles. The first-order valence-electron chi connectivity index (χ1n) is 7.15. The average Bonchev–Trinajstić information content (AvgIpc) is 2.83. The Labute approximate surface area is 124 Å². The number of carbonyl (C=O) groups is 1. The number of aliphatic hydroxyl groups excluding tert-OH is 1. The fourth-order valence-corrected chi connectivity index (χ4v) is 3.20. The second-order valence-corrected chi connectivity index (χ2v) is 6.39. The molecule has 0 bridgehead atoms. The smallest absolute Gasteiger partial charge is 0.319 e. The van der Waals surface area contributed by atoms with Gasteiger partial charge in [0.25, 0.3) is 0 Å². The standard InChI is InChI=1S/C15H22N2O2S/c1-2-20-13-7-4-6-12(9-13)17-15(19)16-10-11-5-3-8-14(11)18/h4,6-7,9,11,14,18H,2-3,5,8,10H2,1H3,(H2,16,17,19)/t11-,14+/m0/s1. The second kappa shape index (κ2) is 7.55. The fourth-order valence-electron chi connectivity index (χ4n) is 2.48. The molecular weight excluding hydrogens is 272 g/mol. The highest BCUT2D eigenvalue weighted by molar-refractivity contribution is 7.99. The maximum absolute atomic E-state index is 11.8. The number of benzene rings is 1. The number of amides is 2. The summed E-state index contributed by atoms with van der Waals surface area (Å²) in [5.74, 6) is 1.21. The maximum Gasteiger partial charge on any atom is 0.319 e. The lowest BCUT2D eigenvalue weighted by Gasteiger charge is -2.15. The predicted octanol–water partition coefficient (Wildman–Crippen LogP) is 3.08. The summed E-state index contributed by atoms with van der Waals surface area (Å²) in [5, 5.41) is 15.4. The number of hydrogen-bond donors (Lipinski definition) is 3.